The summed E-state index contributed by atoms with van der Waals surface area (Å²) in [5.74, 6) is 0.499. The fourth-order valence-corrected chi connectivity index (χ4v) is 2.47. The van der Waals surface area contributed by atoms with Crippen molar-refractivity contribution in [3.05, 3.63) is 102 Å². The van der Waals surface area contributed by atoms with Crippen molar-refractivity contribution in [2.45, 2.75) is 13.2 Å². The molecule has 0 bridgehead atoms. The van der Waals surface area contributed by atoms with E-state index in [0.717, 1.165) is 11.1 Å². The number of benzene rings is 3. The zero-order valence-electron chi connectivity index (χ0n) is 13.9. The van der Waals surface area contributed by atoms with Gasteiger partial charge in [0.15, 0.2) is 5.78 Å². The van der Waals surface area contributed by atoms with E-state index in [9.17, 15) is 4.79 Å². The fourth-order valence-electron chi connectivity index (χ4n) is 2.47. The van der Waals surface area contributed by atoms with Crippen LogP contribution in [0.1, 0.15) is 21.5 Å². The summed E-state index contributed by atoms with van der Waals surface area (Å²) in [5, 5.41) is 0. The Bertz CT molecular complexity index is 798. The van der Waals surface area contributed by atoms with Gasteiger partial charge in [-0.05, 0) is 23.3 Å². The van der Waals surface area contributed by atoms with Crippen LogP contribution in [-0.4, -0.2) is 12.4 Å². The van der Waals surface area contributed by atoms with Gasteiger partial charge in [-0.25, -0.2) is 0 Å². The van der Waals surface area contributed by atoms with Crippen LogP contribution in [0.3, 0.4) is 0 Å². The number of para-hydroxylation sites is 1. The molecule has 0 spiro atoms. The summed E-state index contributed by atoms with van der Waals surface area (Å²) in [5.41, 5.74) is 2.65. The zero-order chi connectivity index (χ0) is 17.3. The summed E-state index contributed by atoms with van der Waals surface area (Å²) in [4.78, 5) is 12.5. The second-order valence-electron chi connectivity index (χ2n) is 5.67. The lowest BCUT2D eigenvalue weighted by Crippen LogP contribution is -2.11. The Morgan fingerprint density at radius 2 is 1.24 bits per heavy atom. The van der Waals surface area contributed by atoms with Gasteiger partial charge in [0, 0.05) is 0 Å². The first-order valence-electron chi connectivity index (χ1n) is 8.23. The predicted octanol–water partition coefficient (Wildman–Crippen LogP) is 4.67. The van der Waals surface area contributed by atoms with Gasteiger partial charge in [0.1, 0.15) is 19.0 Å². The van der Waals surface area contributed by atoms with Crippen LogP contribution in [0.5, 0.6) is 5.75 Å². The lowest BCUT2D eigenvalue weighted by atomic mass is 10.1. The molecular weight excluding hydrogens is 312 g/mol. The normalized spacial score (nSPS) is 10.4. The summed E-state index contributed by atoms with van der Waals surface area (Å²) in [7, 11) is 0. The van der Waals surface area contributed by atoms with Crippen molar-refractivity contribution in [1.82, 2.24) is 0 Å². The van der Waals surface area contributed by atoms with E-state index in [1.807, 2.05) is 78.9 Å². The Hall–Kier alpha value is -2.91. The number of carbonyl (C=O) groups excluding carboxylic acids is 1. The van der Waals surface area contributed by atoms with Gasteiger partial charge in [-0.1, -0.05) is 72.8 Å². The molecule has 0 aliphatic rings. The molecule has 3 rings (SSSR count). The molecule has 0 N–H and O–H groups in total. The largest absolute Gasteiger partial charge is 0.488 e. The van der Waals surface area contributed by atoms with E-state index in [1.54, 1.807) is 6.07 Å². The average molecular weight is 332 g/mol. The minimum absolute atomic E-state index is 0.0284. The molecule has 3 heteroatoms. The number of hydrogen-bond acceptors (Lipinski definition) is 3. The van der Waals surface area contributed by atoms with Gasteiger partial charge in [0.05, 0.1) is 12.2 Å². The van der Waals surface area contributed by atoms with Crippen molar-refractivity contribution >= 4 is 5.78 Å². The van der Waals surface area contributed by atoms with Crippen molar-refractivity contribution in [2.75, 3.05) is 6.61 Å². The summed E-state index contributed by atoms with van der Waals surface area (Å²) < 4.78 is 11.4. The molecule has 0 saturated heterocycles. The summed E-state index contributed by atoms with van der Waals surface area (Å²) in [6, 6.07) is 27.0. The maximum absolute atomic E-state index is 12.5. The number of carbonyl (C=O) groups is 1. The molecule has 25 heavy (non-hydrogen) atoms. The van der Waals surface area contributed by atoms with Crippen LogP contribution in [-0.2, 0) is 18.0 Å². The lowest BCUT2D eigenvalue weighted by Gasteiger charge is -2.11. The molecule has 0 aromatic heterocycles. The number of Topliss-reactive ketones (excluding diaryl/α,β-unsaturated/α-hetero) is 1. The van der Waals surface area contributed by atoms with Crippen molar-refractivity contribution < 1.29 is 14.3 Å². The van der Waals surface area contributed by atoms with Crippen LogP contribution in [0, 0.1) is 0 Å². The molecule has 126 valence electrons. The standard InChI is InChI=1S/C22H20O3/c23-21(17-24-15-18-9-3-1-4-10-18)20-13-7-8-14-22(20)25-16-19-11-5-2-6-12-19/h1-14H,15-17H2. The van der Waals surface area contributed by atoms with E-state index in [1.165, 1.54) is 0 Å². The first-order valence-corrected chi connectivity index (χ1v) is 8.23. The molecule has 0 atom stereocenters. The molecule has 0 fully saturated rings. The first-order chi connectivity index (χ1) is 12.3. The van der Waals surface area contributed by atoms with Gasteiger partial charge >= 0.3 is 0 Å². The Morgan fingerprint density at radius 1 is 0.680 bits per heavy atom. The van der Waals surface area contributed by atoms with Gasteiger partial charge in [-0.15, -0.1) is 0 Å². The minimum Gasteiger partial charge on any atom is -0.488 e. The van der Waals surface area contributed by atoms with Gasteiger partial charge < -0.3 is 9.47 Å². The van der Waals surface area contributed by atoms with E-state index < -0.39 is 0 Å². The number of ketones is 1. The zero-order valence-corrected chi connectivity index (χ0v) is 13.9. The molecule has 3 aromatic carbocycles. The smallest absolute Gasteiger partial charge is 0.192 e. The van der Waals surface area contributed by atoms with E-state index in [0.29, 0.717) is 24.5 Å². The Morgan fingerprint density at radius 3 is 1.92 bits per heavy atom. The molecule has 0 aliphatic heterocycles. The van der Waals surface area contributed by atoms with E-state index in [2.05, 4.69) is 0 Å². The van der Waals surface area contributed by atoms with Crippen LogP contribution < -0.4 is 4.74 Å². The summed E-state index contributed by atoms with van der Waals surface area (Å²) >= 11 is 0. The highest BCUT2D eigenvalue weighted by Crippen LogP contribution is 2.20. The molecule has 0 aliphatic carbocycles. The molecule has 0 saturated carbocycles. The minimum atomic E-state index is -0.0837. The van der Waals surface area contributed by atoms with Crippen LogP contribution >= 0.6 is 0 Å². The van der Waals surface area contributed by atoms with Crippen molar-refractivity contribution in [3.8, 4) is 5.75 Å². The maximum atomic E-state index is 12.5. The van der Waals surface area contributed by atoms with Gasteiger partial charge in [-0.2, -0.15) is 0 Å². The topological polar surface area (TPSA) is 35.5 Å². The van der Waals surface area contributed by atoms with Crippen LogP contribution in [0.15, 0.2) is 84.9 Å². The molecule has 0 amide bonds. The van der Waals surface area contributed by atoms with Gasteiger partial charge in [0.2, 0.25) is 0 Å². The Kier molecular flexibility index (Phi) is 5.96. The third-order valence-corrected chi connectivity index (χ3v) is 3.77. The van der Waals surface area contributed by atoms with E-state index >= 15 is 0 Å². The Labute approximate surface area is 147 Å². The number of hydrogen-bond donors (Lipinski definition) is 0. The monoisotopic (exact) mass is 332 g/mol. The Balaban J connectivity index is 1.58. The van der Waals surface area contributed by atoms with Gasteiger partial charge in [0.25, 0.3) is 0 Å². The van der Waals surface area contributed by atoms with E-state index in [-0.39, 0.29) is 12.4 Å². The molecule has 0 radical (unpaired) electrons. The van der Waals surface area contributed by atoms with Gasteiger partial charge in [-0.3, -0.25) is 4.79 Å². The second kappa shape index (κ2) is 8.81. The maximum Gasteiger partial charge on any atom is 0.192 e. The molecular formula is C22H20O3. The third-order valence-electron chi connectivity index (χ3n) is 3.77. The fraction of sp³-hybridized carbons (Fsp3) is 0.136. The molecule has 0 unspecified atom stereocenters. The average Bonchev–Trinajstić information content (AvgIpc) is 2.68. The van der Waals surface area contributed by atoms with Crippen LogP contribution in [0.4, 0.5) is 0 Å². The highest BCUT2D eigenvalue weighted by atomic mass is 16.5. The van der Waals surface area contributed by atoms with Crippen molar-refractivity contribution in [2.24, 2.45) is 0 Å². The van der Waals surface area contributed by atoms with E-state index in [4.69, 9.17) is 9.47 Å². The van der Waals surface area contributed by atoms with Crippen molar-refractivity contribution in [3.63, 3.8) is 0 Å². The second-order valence-corrected chi connectivity index (χ2v) is 5.67. The number of rotatable bonds is 8. The lowest BCUT2D eigenvalue weighted by molar-refractivity contribution is 0.0722. The highest BCUT2D eigenvalue weighted by Gasteiger charge is 2.12. The summed E-state index contributed by atoms with van der Waals surface area (Å²) in [6.07, 6.45) is 0. The molecule has 3 nitrogen and oxygen atoms in total. The van der Waals surface area contributed by atoms with Crippen LogP contribution in [0.2, 0.25) is 0 Å². The molecule has 3 aromatic rings. The SMILES string of the molecule is O=C(COCc1ccccc1)c1ccccc1OCc1ccccc1. The van der Waals surface area contributed by atoms with Crippen molar-refractivity contribution in [1.29, 1.82) is 0 Å². The van der Waals surface area contributed by atoms with Crippen LogP contribution in [0.25, 0.3) is 0 Å². The number of ether oxygens (including phenoxy) is 2. The molecule has 0 heterocycles. The highest BCUT2D eigenvalue weighted by molar-refractivity contribution is 5.99. The predicted molar refractivity (Wildman–Crippen MR) is 97.6 cm³/mol. The first kappa shape index (κ1) is 16.9. The summed E-state index contributed by atoms with van der Waals surface area (Å²) in [6.45, 7) is 0.871. The quantitative estimate of drug-likeness (QED) is 0.563. The third kappa shape index (κ3) is 5.03.